The van der Waals surface area contributed by atoms with Crippen molar-refractivity contribution in [3.63, 3.8) is 0 Å². The number of methoxy groups -OCH3 is 1. The maximum absolute atomic E-state index is 14.2. The van der Waals surface area contributed by atoms with Gasteiger partial charge in [0.25, 0.3) is 0 Å². The summed E-state index contributed by atoms with van der Waals surface area (Å²) in [5.41, 5.74) is -0.370. The molecule has 0 spiro atoms. The molecule has 0 aliphatic rings. The van der Waals surface area contributed by atoms with E-state index in [1.54, 1.807) is 24.3 Å². The molecule has 0 bridgehead atoms. The molecule has 0 atom stereocenters. The van der Waals surface area contributed by atoms with E-state index in [0.717, 1.165) is 36.9 Å². The molecule has 0 aromatic heterocycles. The summed E-state index contributed by atoms with van der Waals surface area (Å²) in [5, 5.41) is 0. The van der Waals surface area contributed by atoms with Gasteiger partial charge in [0, 0.05) is 0 Å². The number of amides is 1. The quantitative estimate of drug-likeness (QED) is 0.189. The molecule has 39 heavy (non-hydrogen) atoms. The normalized spacial score (nSPS) is 12.2. The standard InChI is InChI=1S/C28H25F6NO4/c1-26(2,3)20-10-5-17(6-11-20)16-35(24(36)25(37)38-4)23-14-9-19(15-22(23)27(29,30)31)18-7-12-21(13-8-18)39-28(32,33)34/h5-15H,16H2,1-4H3. The van der Waals surface area contributed by atoms with Crippen molar-refractivity contribution in [2.75, 3.05) is 12.0 Å². The van der Waals surface area contributed by atoms with E-state index in [1.807, 2.05) is 20.8 Å². The number of halogens is 6. The topological polar surface area (TPSA) is 55.8 Å². The Hall–Kier alpha value is -4.02. The molecule has 0 heterocycles. The molecule has 0 aliphatic heterocycles. The minimum absolute atomic E-state index is 0.0182. The molecule has 0 N–H and O–H groups in total. The second kappa shape index (κ2) is 11.0. The number of carbonyl (C=O) groups excluding carboxylic acids is 2. The molecule has 0 unspecified atom stereocenters. The van der Waals surface area contributed by atoms with Crippen molar-refractivity contribution in [2.24, 2.45) is 0 Å². The molecule has 0 radical (unpaired) electrons. The molecule has 0 fully saturated rings. The lowest BCUT2D eigenvalue weighted by atomic mass is 9.86. The van der Waals surface area contributed by atoms with Crippen molar-refractivity contribution in [1.82, 2.24) is 0 Å². The second-order valence-corrected chi connectivity index (χ2v) is 9.63. The van der Waals surface area contributed by atoms with Crippen LogP contribution < -0.4 is 9.64 Å². The van der Waals surface area contributed by atoms with Crippen LogP contribution >= 0.6 is 0 Å². The number of nitrogens with zero attached hydrogens (tertiary/aromatic N) is 1. The average molecular weight is 553 g/mol. The maximum Gasteiger partial charge on any atom is 0.573 e. The predicted octanol–water partition coefficient (Wildman–Crippen LogP) is 7.27. The summed E-state index contributed by atoms with van der Waals surface area (Å²) in [6.45, 7) is 5.61. The van der Waals surface area contributed by atoms with Crippen molar-refractivity contribution in [1.29, 1.82) is 0 Å². The Morgan fingerprint density at radius 2 is 1.36 bits per heavy atom. The number of rotatable bonds is 5. The minimum atomic E-state index is -4.95. The number of ether oxygens (including phenoxy) is 2. The molecule has 5 nitrogen and oxygen atoms in total. The number of carbonyl (C=O) groups is 2. The van der Waals surface area contributed by atoms with Gasteiger partial charge in [0.2, 0.25) is 0 Å². The van der Waals surface area contributed by atoms with Crippen LogP contribution in [0, 0.1) is 0 Å². The van der Waals surface area contributed by atoms with E-state index in [9.17, 15) is 35.9 Å². The molecule has 0 aliphatic carbocycles. The van der Waals surface area contributed by atoms with Gasteiger partial charge in [-0.1, -0.05) is 63.2 Å². The molecular weight excluding hydrogens is 528 g/mol. The first-order valence-corrected chi connectivity index (χ1v) is 11.6. The SMILES string of the molecule is COC(=O)C(=O)N(Cc1ccc(C(C)(C)C)cc1)c1ccc(-c2ccc(OC(F)(F)F)cc2)cc1C(F)(F)F. The fourth-order valence-corrected chi connectivity index (χ4v) is 3.78. The monoisotopic (exact) mass is 553 g/mol. The minimum Gasteiger partial charge on any atom is -0.462 e. The largest absolute Gasteiger partial charge is 0.573 e. The first-order valence-electron chi connectivity index (χ1n) is 11.6. The number of hydrogen-bond acceptors (Lipinski definition) is 4. The van der Waals surface area contributed by atoms with Crippen LogP contribution in [0.2, 0.25) is 0 Å². The highest BCUT2D eigenvalue weighted by Crippen LogP contribution is 2.40. The smallest absolute Gasteiger partial charge is 0.462 e. The van der Waals surface area contributed by atoms with Crippen LogP contribution in [0.5, 0.6) is 5.75 Å². The number of alkyl halides is 6. The summed E-state index contributed by atoms with van der Waals surface area (Å²) < 4.78 is 88.2. The zero-order chi connectivity index (χ0) is 29.2. The van der Waals surface area contributed by atoms with Crippen LogP contribution in [0.15, 0.2) is 66.7 Å². The van der Waals surface area contributed by atoms with E-state index in [0.29, 0.717) is 10.5 Å². The van der Waals surface area contributed by atoms with Crippen LogP contribution in [0.25, 0.3) is 11.1 Å². The van der Waals surface area contributed by atoms with Crippen LogP contribution in [0.3, 0.4) is 0 Å². The summed E-state index contributed by atoms with van der Waals surface area (Å²) in [4.78, 5) is 25.7. The van der Waals surface area contributed by atoms with Crippen molar-refractivity contribution >= 4 is 17.6 Å². The van der Waals surface area contributed by atoms with Gasteiger partial charge in [-0.2, -0.15) is 13.2 Å². The first-order chi connectivity index (χ1) is 18.0. The lowest BCUT2D eigenvalue weighted by Gasteiger charge is -2.26. The van der Waals surface area contributed by atoms with Gasteiger partial charge in [-0.3, -0.25) is 9.69 Å². The lowest BCUT2D eigenvalue weighted by Crippen LogP contribution is -2.38. The highest BCUT2D eigenvalue weighted by Gasteiger charge is 2.38. The zero-order valence-electron chi connectivity index (χ0n) is 21.4. The van der Waals surface area contributed by atoms with E-state index < -0.39 is 41.4 Å². The van der Waals surface area contributed by atoms with Crippen LogP contribution in [-0.4, -0.2) is 25.3 Å². The Morgan fingerprint density at radius 1 is 0.795 bits per heavy atom. The van der Waals surface area contributed by atoms with Gasteiger partial charge >= 0.3 is 24.4 Å². The molecule has 0 saturated heterocycles. The molecule has 11 heteroatoms. The Kier molecular flexibility index (Phi) is 8.33. The Labute approximate surface area is 220 Å². The van der Waals surface area contributed by atoms with E-state index in [1.165, 1.54) is 18.2 Å². The third-order valence-electron chi connectivity index (χ3n) is 5.78. The summed E-state index contributed by atoms with van der Waals surface area (Å²) in [5.74, 6) is -3.19. The third-order valence-corrected chi connectivity index (χ3v) is 5.78. The average Bonchev–Trinajstić information content (AvgIpc) is 2.85. The molecule has 3 aromatic rings. The molecule has 3 rings (SSSR count). The van der Waals surface area contributed by atoms with E-state index in [4.69, 9.17) is 0 Å². The summed E-state index contributed by atoms with van der Waals surface area (Å²) in [6.07, 6.45) is -9.87. The number of anilines is 1. The van der Waals surface area contributed by atoms with Gasteiger partial charge < -0.3 is 9.47 Å². The van der Waals surface area contributed by atoms with Crippen molar-refractivity contribution in [3.8, 4) is 16.9 Å². The van der Waals surface area contributed by atoms with Gasteiger partial charge in [0.15, 0.2) is 0 Å². The summed E-state index contributed by atoms with van der Waals surface area (Å²) in [7, 11) is 0.941. The molecule has 3 aromatic carbocycles. The summed E-state index contributed by atoms with van der Waals surface area (Å²) >= 11 is 0. The maximum atomic E-state index is 14.2. The van der Waals surface area contributed by atoms with Gasteiger partial charge in [-0.25, -0.2) is 4.79 Å². The molecular formula is C28H25F6NO4. The lowest BCUT2D eigenvalue weighted by molar-refractivity contribution is -0.274. The van der Waals surface area contributed by atoms with E-state index in [-0.39, 0.29) is 23.1 Å². The number of esters is 1. The molecule has 1 amide bonds. The van der Waals surface area contributed by atoms with Crippen LogP contribution in [-0.2, 0) is 32.5 Å². The third kappa shape index (κ3) is 7.52. The Balaban J connectivity index is 2.06. The van der Waals surface area contributed by atoms with Crippen molar-refractivity contribution in [3.05, 3.63) is 83.4 Å². The second-order valence-electron chi connectivity index (χ2n) is 9.63. The highest BCUT2D eigenvalue weighted by molar-refractivity contribution is 6.38. The number of benzene rings is 3. The van der Waals surface area contributed by atoms with Gasteiger partial charge in [-0.05, 0) is 51.9 Å². The van der Waals surface area contributed by atoms with Crippen LogP contribution in [0.4, 0.5) is 32.0 Å². The van der Waals surface area contributed by atoms with E-state index in [2.05, 4.69) is 9.47 Å². The summed E-state index contributed by atoms with van der Waals surface area (Å²) in [6, 6.07) is 14.2. The predicted molar refractivity (Wildman–Crippen MR) is 132 cm³/mol. The van der Waals surface area contributed by atoms with Gasteiger partial charge in [-0.15, -0.1) is 13.2 Å². The fraction of sp³-hybridized carbons (Fsp3) is 0.286. The number of hydrogen-bond donors (Lipinski definition) is 0. The molecule has 208 valence electrons. The Bertz CT molecular complexity index is 1320. The first kappa shape index (κ1) is 29.5. The Morgan fingerprint density at radius 3 is 1.85 bits per heavy atom. The fourth-order valence-electron chi connectivity index (χ4n) is 3.78. The van der Waals surface area contributed by atoms with Gasteiger partial charge in [0.05, 0.1) is 24.9 Å². The van der Waals surface area contributed by atoms with Gasteiger partial charge in [0.1, 0.15) is 5.75 Å². The van der Waals surface area contributed by atoms with Crippen molar-refractivity contribution < 1.29 is 45.4 Å². The van der Waals surface area contributed by atoms with Crippen molar-refractivity contribution in [2.45, 2.75) is 45.3 Å². The van der Waals surface area contributed by atoms with E-state index >= 15 is 0 Å². The van der Waals surface area contributed by atoms with Crippen LogP contribution in [0.1, 0.15) is 37.5 Å². The highest BCUT2D eigenvalue weighted by atomic mass is 19.4. The zero-order valence-corrected chi connectivity index (χ0v) is 21.4. The molecule has 0 saturated carbocycles.